The van der Waals surface area contributed by atoms with Crippen molar-refractivity contribution < 1.29 is 9.90 Å². The first-order valence-corrected chi connectivity index (χ1v) is 7.14. The molecule has 0 atom stereocenters. The van der Waals surface area contributed by atoms with E-state index in [0.717, 1.165) is 5.52 Å². The van der Waals surface area contributed by atoms with Gasteiger partial charge in [-0.25, -0.2) is 9.78 Å². The average Bonchev–Trinajstić information content (AvgIpc) is 2.80. The van der Waals surface area contributed by atoms with Crippen molar-refractivity contribution in [2.24, 2.45) is 7.05 Å². The molecule has 5 nitrogen and oxygen atoms in total. The van der Waals surface area contributed by atoms with E-state index in [2.05, 4.69) is 10.3 Å². The third-order valence-corrected chi connectivity index (χ3v) is 4.14. The molecule has 0 saturated carbocycles. The maximum atomic E-state index is 11.0. The molecule has 0 aliphatic heterocycles. The summed E-state index contributed by atoms with van der Waals surface area (Å²) in [4.78, 5) is 15.4. The third-order valence-electron chi connectivity index (χ3n) is 3.33. The van der Waals surface area contributed by atoms with Crippen LogP contribution in [0.1, 0.15) is 10.4 Å². The molecule has 0 saturated heterocycles. The number of hydrogen-bond donors (Lipinski definition) is 2. The average molecular weight is 336 g/mol. The van der Waals surface area contributed by atoms with Crippen LogP contribution < -0.4 is 5.32 Å². The van der Waals surface area contributed by atoms with Crippen molar-refractivity contribution in [3.05, 3.63) is 52.0 Å². The van der Waals surface area contributed by atoms with Crippen molar-refractivity contribution >= 4 is 51.8 Å². The summed E-state index contributed by atoms with van der Waals surface area (Å²) in [7, 11) is 1.83. The highest BCUT2D eigenvalue weighted by molar-refractivity contribution is 6.43. The molecule has 22 heavy (non-hydrogen) atoms. The summed E-state index contributed by atoms with van der Waals surface area (Å²) in [6.07, 6.45) is 0. The molecule has 2 aromatic carbocycles. The van der Waals surface area contributed by atoms with Crippen LogP contribution in [-0.2, 0) is 7.05 Å². The maximum Gasteiger partial charge on any atom is 0.335 e. The fraction of sp³-hybridized carbons (Fsp3) is 0.0667. The van der Waals surface area contributed by atoms with E-state index in [4.69, 9.17) is 28.3 Å². The standard InChI is InChI=1S/C15H11Cl2N3O2/c1-20-12-6-5-8(14(21)22)7-11(12)19-15(20)18-10-4-2-3-9(16)13(10)17/h2-7H,1H3,(H,18,19)(H,21,22). The Kier molecular flexibility index (Phi) is 3.68. The molecule has 0 bridgehead atoms. The Bertz CT molecular complexity index is 890. The van der Waals surface area contributed by atoms with E-state index in [1.165, 1.54) is 6.07 Å². The highest BCUT2D eigenvalue weighted by Crippen LogP contribution is 2.32. The minimum absolute atomic E-state index is 0.193. The van der Waals surface area contributed by atoms with Crippen LogP contribution in [0.15, 0.2) is 36.4 Å². The van der Waals surface area contributed by atoms with E-state index in [1.54, 1.807) is 30.3 Å². The molecule has 2 N–H and O–H groups in total. The van der Waals surface area contributed by atoms with E-state index in [0.29, 0.717) is 27.2 Å². The van der Waals surface area contributed by atoms with Gasteiger partial charge in [-0.05, 0) is 30.3 Å². The summed E-state index contributed by atoms with van der Waals surface area (Å²) in [5.74, 6) is -0.443. The molecule has 7 heteroatoms. The number of carboxylic acid groups (broad SMARTS) is 1. The third kappa shape index (κ3) is 2.49. The molecular weight excluding hydrogens is 325 g/mol. The van der Waals surface area contributed by atoms with E-state index in [1.807, 2.05) is 11.6 Å². The minimum atomic E-state index is -0.986. The number of halogens is 2. The number of aromatic carboxylic acids is 1. The van der Waals surface area contributed by atoms with Crippen molar-refractivity contribution in [1.29, 1.82) is 0 Å². The molecule has 0 radical (unpaired) electrons. The second-order valence-corrected chi connectivity index (χ2v) is 5.51. The summed E-state index contributed by atoms with van der Waals surface area (Å²) < 4.78 is 1.82. The van der Waals surface area contributed by atoms with Crippen molar-refractivity contribution in [3.8, 4) is 0 Å². The van der Waals surface area contributed by atoms with Crippen molar-refractivity contribution in [1.82, 2.24) is 9.55 Å². The Morgan fingerprint density at radius 3 is 2.77 bits per heavy atom. The van der Waals surface area contributed by atoms with Crippen molar-refractivity contribution in [2.75, 3.05) is 5.32 Å². The van der Waals surface area contributed by atoms with Gasteiger partial charge in [0.2, 0.25) is 5.95 Å². The molecule has 0 aliphatic rings. The van der Waals surface area contributed by atoms with Crippen LogP contribution in [0.2, 0.25) is 10.0 Å². The van der Waals surface area contributed by atoms with Crippen LogP contribution in [0.5, 0.6) is 0 Å². The van der Waals surface area contributed by atoms with Gasteiger partial charge in [0.1, 0.15) is 0 Å². The van der Waals surface area contributed by atoms with Crippen LogP contribution in [0, 0.1) is 0 Å². The number of fused-ring (bicyclic) bond motifs is 1. The van der Waals surface area contributed by atoms with Gasteiger partial charge in [0, 0.05) is 7.05 Å². The number of carboxylic acids is 1. The number of rotatable bonds is 3. The van der Waals surface area contributed by atoms with Crippen molar-refractivity contribution in [2.45, 2.75) is 0 Å². The smallest absolute Gasteiger partial charge is 0.335 e. The summed E-state index contributed by atoms with van der Waals surface area (Å²) in [5.41, 5.74) is 2.22. The Balaban J connectivity index is 2.06. The van der Waals surface area contributed by atoms with E-state index >= 15 is 0 Å². The Hall–Kier alpha value is -2.24. The summed E-state index contributed by atoms with van der Waals surface area (Å²) in [6, 6.07) is 10.1. The molecule has 3 rings (SSSR count). The minimum Gasteiger partial charge on any atom is -0.478 e. The van der Waals surface area contributed by atoms with Gasteiger partial charge in [0.05, 0.1) is 32.3 Å². The summed E-state index contributed by atoms with van der Waals surface area (Å²) in [6.45, 7) is 0. The first-order valence-electron chi connectivity index (χ1n) is 6.38. The lowest BCUT2D eigenvalue weighted by Crippen LogP contribution is -1.99. The largest absolute Gasteiger partial charge is 0.478 e. The monoisotopic (exact) mass is 335 g/mol. The van der Waals surface area contributed by atoms with Crippen LogP contribution in [-0.4, -0.2) is 20.6 Å². The molecule has 0 aliphatic carbocycles. The molecule has 3 aromatic rings. The molecule has 0 spiro atoms. The SMILES string of the molecule is Cn1c(Nc2cccc(Cl)c2Cl)nc2cc(C(=O)O)ccc21. The van der Waals surface area contributed by atoms with Gasteiger partial charge >= 0.3 is 5.97 Å². The summed E-state index contributed by atoms with van der Waals surface area (Å²) >= 11 is 12.1. The van der Waals surface area contributed by atoms with Crippen LogP contribution >= 0.6 is 23.2 Å². The van der Waals surface area contributed by atoms with E-state index in [9.17, 15) is 4.79 Å². The second-order valence-electron chi connectivity index (χ2n) is 4.73. The van der Waals surface area contributed by atoms with Gasteiger partial charge < -0.3 is 15.0 Å². The van der Waals surface area contributed by atoms with Crippen molar-refractivity contribution in [3.63, 3.8) is 0 Å². The molecule has 0 unspecified atom stereocenters. The number of aromatic nitrogens is 2. The van der Waals surface area contributed by atoms with Crippen LogP contribution in [0.3, 0.4) is 0 Å². The van der Waals surface area contributed by atoms with E-state index in [-0.39, 0.29) is 5.56 Å². The number of benzene rings is 2. The quantitative estimate of drug-likeness (QED) is 0.747. The number of anilines is 2. The lowest BCUT2D eigenvalue weighted by Gasteiger charge is -2.08. The molecule has 0 fully saturated rings. The topological polar surface area (TPSA) is 67.2 Å². The zero-order valence-electron chi connectivity index (χ0n) is 11.5. The first-order chi connectivity index (χ1) is 10.5. The van der Waals surface area contributed by atoms with Gasteiger partial charge in [-0.3, -0.25) is 0 Å². The Labute approximate surface area is 136 Å². The molecular formula is C15H11Cl2N3O2. The number of aryl methyl sites for hydroxylation is 1. The van der Waals surface area contributed by atoms with Gasteiger partial charge in [-0.15, -0.1) is 0 Å². The lowest BCUT2D eigenvalue weighted by atomic mass is 10.2. The van der Waals surface area contributed by atoms with Crippen LogP contribution in [0.4, 0.5) is 11.6 Å². The molecule has 112 valence electrons. The number of hydrogen-bond acceptors (Lipinski definition) is 3. The molecule has 0 amide bonds. The maximum absolute atomic E-state index is 11.0. The number of carbonyl (C=O) groups is 1. The highest BCUT2D eigenvalue weighted by atomic mass is 35.5. The van der Waals surface area contributed by atoms with Gasteiger partial charge in [-0.1, -0.05) is 29.3 Å². The predicted molar refractivity (Wildman–Crippen MR) is 87.4 cm³/mol. The lowest BCUT2D eigenvalue weighted by molar-refractivity contribution is 0.0697. The highest BCUT2D eigenvalue weighted by Gasteiger charge is 2.12. The summed E-state index contributed by atoms with van der Waals surface area (Å²) in [5, 5.41) is 13.0. The van der Waals surface area contributed by atoms with Gasteiger partial charge in [-0.2, -0.15) is 0 Å². The molecule has 1 aromatic heterocycles. The predicted octanol–water partition coefficient (Wildman–Crippen LogP) is 4.32. The normalized spacial score (nSPS) is 10.9. The zero-order chi connectivity index (χ0) is 15.9. The Morgan fingerprint density at radius 2 is 2.05 bits per heavy atom. The molecule has 1 heterocycles. The zero-order valence-corrected chi connectivity index (χ0v) is 13.0. The fourth-order valence-electron chi connectivity index (χ4n) is 2.17. The van der Waals surface area contributed by atoms with Gasteiger partial charge in [0.15, 0.2) is 0 Å². The van der Waals surface area contributed by atoms with Gasteiger partial charge in [0.25, 0.3) is 0 Å². The number of nitrogens with zero attached hydrogens (tertiary/aromatic N) is 2. The number of imidazole rings is 1. The first kappa shape index (κ1) is 14.7. The van der Waals surface area contributed by atoms with Crippen LogP contribution in [0.25, 0.3) is 11.0 Å². The Morgan fingerprint density at radius 1 is 1.27 bits per heavy atom. The fourth-order valence-corrected chi connectivity index (χ4v) is 2.51. The van der Waals surface area contributed by atoms with E-state index < -0.39 is 5.97 Å². The second kappa shape index (κ2) is 5.51. The number of nitrogens with one attached hydrogen (secondary N) is 1.